The van der Waals surface area contributed by atoms with Gasteiger partial charge in [-0.3, -0.25) is 0 Å². The van der Waals surface area contributed by atoms with E-state index >= 15 is 0 Å². The van der Waals surface area contributed by atoms with Crippen LogP contribution in [0.25, 0.3) is 0 Å². The van der Waals surface area contributed by atoms with Gasteiger partial charge in [0.1, 0.15) is 11.9 Å². The van der Waals surface area contributed by atoms with Gasteiger partial charge in [0.05, 0.1) is 24.3 Å². The summed E-state index contributed by atoms with van der Waals surface area (Å²) in [7, 11) is 0. The number of nitrogens with zero attached hydrogens (tertiary/aromatic N) is 1. The highest BCUT2D eigenvalue weighted by molar-refractivity contribution is 5.99. The standard InChI is InChI=1S/C12H13F3N2O3/c13-12(14,15)7-1-2-10(9(5-7)11(16)17-18)20-8-3-4-19-6-8/h1-2,5,8,18H,3-4,6H2,(H2,16,17). The molecule has 2 rings (SSSR count). The van der Waals surface area contributed by atoms with E-state index in [0.717, 1.165) is 18.2 Å². The lowest BCUT2D eigenvalue weighted by Crippen LogP contribution is -2.21. The van der Waals surface area contributed by atoms with E-state index in [9.17, 15) is 13.2 Å². The molecule has 0 amide bonds. The number of hydrogen-bond donors (Lipinski definition) is 2. The van der Waals surface area contributed by atoms with Gasteiger partial charge in [-0.2, -0.15) is 13.2 Å². The molecule has 1 fully saturated rings. The number of nitrogens with two attached hydrogens (primary N) is 1. The first kappa shape index (κ1) is 14.4. The Labute approximate surface area is 112 Å². The van der Waals surface area contributed by atoms with Crippen molar-refractivity contribution in [3.63, 3.8) is 0 Å². The second kappa shape index (κ2) is 5.58. The van der Waals surface area contributed by atoms with Gasteiger partial charge < -0.3 is 20.4 Å². The zero-order chi connectivity index (χ0) is 14.8. The Morgan fingerprint density at radius 1 is 1.45 bits per heavy atom. The molecule has 0 aromatic heterocycles. The van der Waals surface area contributed by atoms with Gasteiger partial charge in [-0.25, -0.2) is 0 Å². The van der Waals surface area contributed by atoms with Gasteiger partial charge in [-0.1, -0.05) is 5.16 Å². The van der Waals surface area contributed by atoms with Crippen molar-refractivity contribution in [2.24, 2.45) is 10.9 Å². The van der Waals surface area contributed by atoms with E-state index in [2.05, 4.69) is 5.16 Å². The fourth-order valence-corrected chi connectivity index (χ4v) is 1.85. The first-order valence-corrected chi connectivity index (χ1v) is 5.85. The van der Waals surface area contributed by atoms with E-state index in [4.69, 9.17) is 20.4 Å². The maximum absolute atomic E-state index is 12.7. The number of halogens is 3. The first-order valence-electron chi connectivity index (χ1n) is 5.85. The number of ether oxygens (including phenoxy) is 2. The number of hydrogen-bond acceptors (Lipinski definition) is 4. The summed E-state index contributed by atoms with van der Waals surface area (Å²) in [4.78, 5) is 0. The average molecular weight is 290 g/mol. The van der Waals surface area contributed by atoms with Crippen molar-refractivity contribution < 1.29 is 27.9 Å². The number of oxime groups is 1. The highest BCUT2D eigenvalue weighted by Crippen LogP contribution is 2.33. The second-order valence-corrected chi connectivity index (χ2v) is 4.30. The smallest absolute Gasteiger partial charge is 0.416 e. The van der Waals surface area contributed by atoms with Crippen LogP contribution in [-0.2, 0) is 10.9 Å². The van der Waals surface area contributed by atoms with Crippen molar-refractivity contribution in [1.82, 2.24) is 0 Å². The Morgan fingerprint density at radius 2 is 2.20 bits per heavy atom. The van der Waals surface area contributed by atoms with Crippen LogP contribution >= 0.6 is 0 Å². The Hall–Kier alpha value is -1.96. The van der Waals surface area contributed by atoms with Crippen LogP contribution in [0.3, 0.4) is 0 Å². The third-order valence-corrected chi connectivity index (χ3v) is 2.87. The summed E-state index contributed by atoms with van der Waals surface area (Å²) >= 11 is 0. The molecule has 0 spiro atoms. The van der Waals surface area contributed by atoms with Gasteiger partial charge in [0, 0.05) is 6.42 Å². The number of rotatable bonds is 3. The van der Waals surface area contributed by atoms with Gasteiger partial charge in [0.15, 0.2) is 5.84 Å². The third kappa shape index (κ3) is 3.13. The van der Waals surface area contributed by atoms with Crippen molar-refractivity contribution in [3.05, 3.63) is 29.3 Å². The van der Waals surface area contributed by atoms with Crippen molar-refractivity contribution >= 4 is 5.84 Å². The van der Waals surface area contributed by atoms with Crippen LogP contribution in [-0.4, -0.2) is 30.4 Å². The number of benzene rings is 1. The minimum atomic E-state index is -4.51. The summed E-state index contributed by atoms with van der Waals surface area (Å²) < 4.78 is 48.7. The molecule has 1 aromatic rings. The minimum absolute atomic E-state index is 0.103. The molecule has 0 radical (unpaired) electrons. The molecule has 1 unspecified atom stereocenters. The molecule has 5 nitrogen and oxygen atoms in total. The zero-order valence-corrected chi connectivity index (χ0v) is 10.4. The molecule has 0 aliphatic carbocycles. The predicted octanol–water partition coefficient (Wildman–Crippen LogP) is 1.97. The van der Waals surface area contributed by atoms with Crippen LogP contribution in [0, 0.1) is 0 Å². The predicted molar refractivity (Wildman–Crippen MR) is 63.8 cm³/mol. The molecule has 3 N–H and O–H groups in total. The molecular formula is C12H13F3N2O3. The highest BCUT2D eigenvalue weighted by atomic mass is 19.4. The quantitative estimate of drug-likeness (QED) is 0.386. The van der Waals surface area contributed by atoms with Gasteiger partial charge in [0.25, 0.3) is 0 Å². The largest absolute Gasteiger partial charge is 0.487 e. The van der Waals surface area contributed by atoms with E-state index in [-0.39, 0.29) is 17.4 Å². The molecule has 1 aromatic carbocycles. The second-order valence-electron chi connectivity index (χ2n) is 4.30. The lowest BCUT2D eigenvalue weighted by atomic mass is 10.1. The van der Waals surface area contributed by atoms with E-state index in [1.165, 1.54) is 0 Å². The summed E-state index contributed by atoms with van der Waals surface area (Å²) in [5, 5.41) is 11.4. The Kier molecular flexibility index (Phi) is 4.03. The van der Waals surface area contributed by atoms with Crippen LogP contribution in [0.1, 0.15) is 17.5 Å². The van der Waals surface area contributed by atoms with Crippen molar-refractivity contribution in [2.75, 3.05) is 13.2 Å². The van der Waals surface area contributed by atoms with Crippen LogP contribution in [0.5, 0.6) is 5.75 Å². The van der Waals surface area contributed by atoms with E-state index in [0.29, 0.717) is 19.6 Å². The van der Waals surface area contributed by atoms with Crippen molar-refractivity contribution in [3.8, 4) is 5.75 Å². The summed E-state index contributed by atoms with van der Waals surface area (Å²) in [5.41, 5.74) is 4.41. The Bertz CT molecular complexity index is 511. The highest BCUT2D eigenvalue weighted by Gasteiger charge is 2.32. The monoisotopic (exact) mass is 290 g/mol. The molecule has 1 aliphatic heterocycles. The van der Waals surface area contributed by atoms with E-state index in [1.807, 2.05) is 0 Å². The Balaban J connectivity index is 2.35. The normalized spacial score (nSPS) is 20.1. The molecule has 0 saturated carbocycles. The molecule has 1 saturated heterocycles. The molecule has 8 heteroatoms. The van der Waals surface area contributed by atoms with Gasteiger partial charge in [-0.05, 0) is 18.2 Å². The van der Waals surface area contributed by atoms with Crippen LogP contribution in [0.4, 0.5) is 13.2 Å². The SMILES string of the molecule is NC(=NO)c1cc(C(F)(F)F)ccc1OC1CCOC1. The lowest BCUT2D eigenvalue weighted by molar-refractivity contribution is -0.137. The summed E-state index contributed by atoms with van der Waals surface area (Å²) in [6.45, 7) is 0.890. The summed E-state index contributed by atoms with van der Waals surface area (Å²) in [6.07, 6.45) is -4.13. The third-order valence-electron chi connectivity index (χ3n) is 2.87. The first-order chi connectivity index (χ1) is 9.41. The summed E-state index contributed by atoms with van der Waals surface area (Å²) in [5.74, 6) is -0.311. The molecule has 110 valence electrons. The Morgan fingerprint density at radius 3 is 2.75 bits per heavy atom. The molecule has 1 aliphatic rings. The molecule has 20 heavy (non-hydrogen) atoms. The fraction of sp³-hybridized carbons (Fsp3) is 0.417. The maximum atomic E-state index is 12.7. The zero-order valence-electron chi connectivity index (χ0n) is 10.4. The van der Waals surface area contributed by atoms with Crippen LogP contribution < -0.4 is 10.5 Å². The number of alkyl halides is 3. The van der Waals surface area contributed by atoms with Crippen molar-refractivity contribution in [2.45, 2.75) is 18.7 Å². The van der Waals surface area contributed by atoms with Gasteiger partial charge in [-0.15, -0.1) is 0 Å². The maximum Gasteiger partial charge on any atom is 0.416 e. The van der Waals surface area contributed by atoms with Gasteiger partial charge >= 0.3 is 6.18 Å². The number of amidine groups is 1. The molecule has 1 atom stereocenters. The molecular weight excluding hydrogens is 277 g/mol. The average Bonchev–Trinajstić information content (AvgIpc) is 2.90. The molecule has 0 bridgehead atoms. The topological polar surface area (TPSA) is 77.1 Å². The van der Waals surface area contributed by atoms with Gasteiger partial charge in [0.2, 0.25) is 0 Å². The molecule has 1 heterocycles. The van der Waals surface area contributed by atoms with E-state index < -0.39 is 17.6 Å². The fourth-order valence-electron chi connectivity index (χ4n) is 1.85. The lowest BCUT2D eigenvalue weighted by Gasteiger charge is -2.16. The minimum Gasteiger partial charge on any atom is -0.487 e. The van der Waals surface area contributed by atoms with Crippen LogP contribution in [0.15, 0.2) is 23.4 Å². The van der Waals surface area contributed by atoms with E-state index in [1.54, 1.807) is 0 Å². The van der Waals surface area contributed by atoms with Crippen molar-refractivity contribution in [1.29, 1.82) is 0 Å². The van der Waals surface area contributed by atoms with Crippen LogP contribution in [0.2, 0.25) is 0 Å². The summed E-state index contributed by atoms with van der Waals surface area (Å²) in [6, 6.07) is 2.84.